The molecule has 1 heterocycles. The minimum atomic E-state index is -0.743. The lowest BCUT2D eigenvalue weighted by Crippen LogP contribution is -2.28. The van der Waals surface area contributed by atoms with Gasteiger partial charge in [-0.05, 0) is 36.8 Å². The zero-order valence-corrected chi connectivity index (χ0v) is 15.8. The second-order valence-electron chi connectivity index (χ2n) is 6.25. The van der Waals surface area contributed by atoms with E-state index in [1.54, 1.807) is 30.3 Å². The minimum absolute atomic E-state index is 0.00692. The van der Waals surface area contributed by atoms with Crippen LogP contribution in [0.3, 0.4) is 0 Å². The summed E-state index contributed by atoms with van der Waals surface area (Å²) in [6.45, 7) is 1.37. The van der Waals surface area contributed by atoms with E-state index in [2.05, 4.69) is 10.6 Å². The van der Waals surface area contributed by atoms with Crippen LogP contribution in [0.5, 0.6) is 0 Å². The molecule has 1 atom stereocenters. The Labute approximate surface area is 167 Å². The molecule has 3 aromatic rings. The van der Waals surface area contributed by atoms with E-state index in [-0.39, 0.29) is 17.7 Å². The second-order valence-corrected chi connectivity index (χ2v) is 6.25. The molecular formula is C22H20N2O5. The van der Waals surface area contributed by atoms with Crippen molar-refractivity contribution in [3.8, 4) is 0 Å². The number of carbonyl (C=O) groups is 3. The standard InChI is InChI=1S/C22H20N2O5/c1-15(16-8-3-2-4-9-16)23-21(26)17-10-5-6-11-18(17)24-20(25)14-29-22(27)19-12-7-13-28-19/h2-13,15H,14H2,1H3,(H,23,26)(H,24,25). The predicted molar refractivity (Wildman–Crippen MR) is 106 cm³/mol. The molecule has 0 aliphatic heterocycles. The van der Waals surface area contributed by atoms with Crippen LogP contribution in [0.15, 0.2) is 77.4 Å². The summed E-state index contributed by atoms with van der Waals surface area (Å²) in [6, 6.07) is 18.9. The first kappa shape index (κ1) is 19.9. The van der Waals surface area contributed by atoms with Crippen LogP contribution in [-0.4, -0.2) is 24.4 Å². The number of ether oxygens (including phenoxy) is 1. The van der Waals surface area contributed by atoms with Crippen molar-refractivity contribution < 1.29 is 23.5 Å². The molecule has 0 fully saturated rings. The third-order valence-electron chi connectivity index (χ3n) is 4.15. The van der Waals surface area contributed by atoms with Crippen molar-refractivity contribution in [2.75, 3.05) is 11.9 Å². The Bertz CT molecular complexity index is 983. The van der Waals surface area contributed by atoms with E-state index in [1.165, 1.54) is 12.3 Å². The van der Waals surface area contributed by atoms with Gasteiger partial charge in [0.05, 0.1) is 23.6 Å². The summed E-state index contributed by atoms with van der Waals surface area (Å²) in [4.78, 5) is 36.6. The number of carbonyl (C=O) groups excluding carboxylic acids is 3. The van der Waals surface area contributed by atoms with Crippen molar-refractivity contribution in [2.45, 2.75) is 13.0 Å². The van der Waals surface area contributed by atoms with Crippen molar-refractivity contribution in [3.63, 3.8) is 0 Å². The molecular weight excluding hydrogens is 372 g/mol. The van der Waals surface area contributed by atoms with E-state index in [1.807, 2.05) is 37.3 Å². The highest BCUT2D eigenvalue weighted by Crippen LogP contribution is 2.18. The lowest BCUT2D eigenvalue weighted by atomic mass is 10.1. The lowest BCUT2D eigenvalue weighted by molar-refractivity contribution is -0.119. The van der Waals surface area contributed by atoms with Gasteiger partial charge in [0.25, 0.3) is 11.8 Å². The number of hydrogen-bond donors (Lipinski definition) is 2. The molecule has 3 rings (SSSR count). The van der Waals surface area contributed by atoms with Crippen LogP contribution in [0, 0.1) is 0 Å². The molecule has 0 radical (unpaired) electrons. The molecule has 29 heavy (non-hydrogen) atoms. The van der Waals surface area contributed by atoms with Crippen molar-refractivity contribution in [1.82, 2.24) is 5.32 Å². The Morgan fingerprint density at radius 1 is 0.966 bits per heavy atom. The van der Waals surface area contributed by atoms with Gasteiger partial charge in [-0.2, -0.15) is 0 Å². The zero-order valence-electron chi connectivity index (χ0n) is 15.8. The smallest absolute Gasteiger partial charge is 0.374 e. The monoisotopic (exact) mass is 392 g/mol. The summed E-state index contributed by atoms with van der Waals surface area (Å²) in [5.41, 5.74) is 1.59. The maximum atomic E-state index is 12.7. The maximum Gasteiger partial charge on any atom is 0.374 e. The summed E-state index contributed by atoms with van der Waals surface area (Å²) >= 11 is 0. The summed E-state index contributed by atoms with van der Waals surface area (Å²) in [7, 11) is 0. The van der Waals surface area contributed by atoms with Crippen molar-refractivity contribution in [3.05, 3.63) is 89.9 Å². The highest BCUT2D eigenvalue weighted by molar-refractivity contribution is 6.04. The molecule has 7 nitrogen and oxygen atoms in total. The Morgan fingerprint density at radius 2 is 1.69 bits per heavy atom. The summed E-state index contributed by atoms with van der Waals surface area (Å²) in [6.07, 6.45) is 1.34. The fraction of sp³-hybridized carbons (Fsp3) is 0.136. The number of furan rings is 1. The van der Waals surface area contributed by atoms with E-state index < -0.39 is 18.5 Å². The average molecular weight is 392 g/mol. The largest absolute Gasteiger partial charge is 0.457 e. The van der Waals surface area contributed by atoms with Crippen LogP contribution < -0.4 is 10.6 Å². The first-order valence-corrected chi connectivity index (χ1v) is 9.00. The highest BCUT2D eigenvalue weighted by Gasteiger charge is 2.17. The topological polar surface area (TPSA) is 97.6 Å². The number of para-hydroxylation sites is 1. The molecule has 0 spiro atoms. The molecule has 2 N–H and O–H groups in total. The number of esters is 1. The highest BCUT2D eigenvalue weighted by atomic mass is 16.5. The van der Waals surface area contributed by atoms with Crippen LogP contribution in [0.2, 0.25) is 0 Å². The third kappa shape index (κ3) is 5.32. The van der Waals surface area contributed by atoms with Crippen LogP contribution in [0.4, 0.5) is 5.69 Å². The molecule has 7 heteroatoms. The molecule has 0 saturated heterocycles. The summed E-state index contributed by atoms with van der Waals surface area (Å²) in [5, 5.41) is 5.50. The Balaban J connectivity index is 1.61. The molecule has 1 aromatic heterocycles. The van der Waals surface area contributed by atoms with Gasteiger partial charge in [-0.3, -0.25) is 9.59 Å². The number of benzene rings is 2. The van der Waals surface area contributed by atoms with Gasteiger partial charge in [0, 0.05) is 0 Å². The predicted octanol–water partition coefficient (Wildman–Crippen LogP) is 3.57. The van der Waals surface area contributed by atoms with E-state index in [0.717, 1.165) is 5.56 Å². The van der Waals surface area contributed by atoms with Crippen LogP contribution in [0.25, 0.3) is 0 Å². The molecule has 2 amide bonds. The fourth-order valence-electron chi connectivity index (χ4n) is 2.67. The Morgan fingerprint density at radius 3 is 2.41 bits per heavy atom. The summed E-state index contributed by atoms with van der Waals surface area (Å²) < 4.78 is 9.81. The van der Waals surface area contributed by atoms with E-state index in [9.17, 15) is 14.4 Å². The third-order valence-corrected chi connectivity index (χ3v) is 4.15. The molecule has 0 aliphatic carbocycles. The normalized spacial score (nSPS) is 11.3. The second kappa shape index (κ2) is 9.36. The van der Waals surface area contributed by atoms with E-state index in [0.29, 0.717) is 11.3 Å². The minimum Gasteiger partial charge on any atom is -0.457 e. The lowest BCUT2D eigenvalue weighted by Gasteiger charge is -2.16. The van der Waals surface area contributed by atoms with Crippen molar-refractivity contribution in [1.29, 1.82) is 0 Å². The molecule has 148 valence electrons. The fourth-order valence-corrected chi connectivity index (χ4v) is 2.67. The van der Waals surface area contributed by atoms with Gasteiger partial charge in [-0.25, -0.2) is 4.79 Å². The van der Waals surface area contributed by atoms with Gasteiger partial charge in [0.15, 0.2) is 6.61 Å². The van der Waals surface area contributed by atoms with E-state index in [4.69, 9.17) is 9.15 Å². The molecule has 1 unspecified atom stereocenters. The number of nitrogens with one attached hydrogen (secondary N) is 2. The van der Waals surface area contributed by atoms with Gasteiger partial charge in [0.2, 0.25) is 5.76 Å². The van der Waals surface area contributed by atoms with Gasteiger partial charge >= 0.3 is 5.97 Å². The van der Waals surface area contributed by atoms with Gasteiger partial charge in [-0.1, -0.05) is 42.5 Å². The van der Waals surface area contributed by atoms with Gasteiger partial charge in [0.1, 0.15) is 0 Å². The molecule has 0 aliphatic rings. The van der Waals surface area contributed by atoms with Crippen LogP contribution >= 0.6 is 0 Å². The summed E-state index contributed by atoms with van der Waals surface area (Å²) in [5.74, 6) is -1.63. The molecule has 2 aromatic carbocycles. The molecule has 0 saturated carbocycles. The van der Waals surface area contributed by atoms with Crippen LogP contribution in [-0.2, 0) is 9.53 Å². The quantitative estimate of drug-likeness (QED) is 0.599. The number of anilines is 1. The SMILES string of the molecule is CC(NC(=O)c1ccccc1NC(=O)COC(=O)c1ccco1)c1ccccc1. The average Bonchev–Trinajstić information content (AvgIpc) is 3.28. The molecule has 0 bridgehead atoms. The number of hydrogen-bond acceptors (Lipinski definition) is 5. The van der Waals surface area contributed by atoms with E-state index >= 15 is 0 Å². The Kier molecular flexibility index (Phi) is 6.42. The number of rotatable bonds is 7. The van der Waals surface area contributed by atoms with Crippen LogP contribution in [0.1, 0.15) is 39.4 Å². The number of amides is 2. The first-order valence-electron chi connectivity index (χ1n) is 9.00. The Hall–Kier alpha value is -3.87. The van der Waals surface area contributed by atoms with Crippen molar-refractivity contribution in [2.24, 2.45) is 0 Å². The van der Waals surface area contributed by atoms with Gasteiger partial charge in [-0.15, -0.1) is 0 Å². The zero-order chi connectivity index (χ0) is 20.6. The van der Waals surface area contributed by atoms with Gasteiger partial charge < -0.3 is 19.8 Å². The first-order chi connectivity index (χ1) is 14.0. The van der Waals surface area contributed by atoms with Crippen molar-refractivity contribution >= 4 is 23.5 Å². The maximum absolute atomic E-state index is 12.7.